The summed E-state index contributed by atoms with van der Waals surface area (Å²) in [5, 5.41) is 10.4. The Morgan fingerprint density at radius 2 is 2.00 bits per heavy atom. The van der Waals surface area contributed by atoms with Gasteiger partial charge in [-0.3, -0.25) is 9.48 Å². The summed E-state index contributed by atoms with van der Waals surface area (Å²) in [6, 6.07) is 4.03. The fourth-order valence-electron chi connectivity index (χ4n) is 4.28. The zero-order valence-electron chi connectivity index (χ0n) is 21.2. The van der Waals surface area contributed by atoms with E-state index in [2.05, 4.69) is 27.4 Å². The smallest absolute Gasteiger partial charge is 0.394 e. The summed E-state index contributed by atoms with van der Waals surface area (Å²) in [4.78, 5) is 12.9. The number of piperidine rings is 1. The van der Waals surface area contributed by atoms with Gasteiger partial charge in [0.1, 0.15) is 5.75 Å². The fraction of sp³-hybridized carbons (Fsp3) is 0.600. The Bertz CT molecular complexity index is 1100. The van der Waals surface area contributed by atoms with Crippen molar-refractivity contribution in [2.75, 3.05) is 13.1 Å². The van der Waals surface area contributed by atoms with E-state index in [0.717, 1.165) is 39.3 Å². The molecule has 3 rings (SSSR count). The van der Waals surface area contributed by atoms with Crippen LogP contribution < -0.4 is 15.4 Å². The monoisotopic (exact) mass is 550 g/mol. The van der Waals surface area contributed by atoms with Crippen molar-refractivity contribution >= 4 is 17.5 Å². The second kappa shape index (κ2) is 11.6. The number of aryl methyl sites for hydroxylation is 1. The highest BCUT2D eigenvalue weighted by atomic mass is 35.5. The van der Waals surface area contributed by atoms with Crippen molar-refractivity contribution in [1.29, 1.82) is 0 Å². The number of benzene rings is 1. The molecule has 1 aliphatic rings. The molecular weight excluding hydrogens is 519 g/mol. The number of ether oxygens (including phenoxy) is 1. The zero-order chi connectivity index (χ0) is 27.5. The first-order valence-electron chi connectivity index (χ1n) is 12.2. The zero-order valence-corrected chi connectivity index (χ0v) is 21.9. The quantitative estimate of drug-likeness (QED) is 0.372. The number of hydrogen-bond donors (Lipinski definition) is 2. The third kappa shape index (κ3) is 6.93. The van der Waals surface area contributed by atoms with Crippen molar-refractivity contribution < 1.29 is 31.5 Å². The molecule has 6 nitrogen and oxygen atoms in total. The summed E-state index contributed by atoms with van der Waals surface area (Å²) in [5.41, 5.74) is -1.75. The maximum Gasteiger partial charge on any atom is 0.394 e. The lowest BCUT2D eigenvalue weighted by Gasteiger charge is -2.28. The predicted octanol–water partition coefficient (Wildman–Crippen LogP) is 6.07. The Labute approximate surface area is 217 Å². The molecule has 37 heavy (non-hydrogen) atoms. The standard InChI is InChI=1S/C25H32ClF5N4O2/c1-5-35-21(19(26)20(34-35)22(36)33-13-16-8-6-14(2)12-32-16)17-9-7-15(10-18(17)37-23(27)28)11-24(3,4)25(29,30)31/h7,9-10,14,16,23,32H,5-6,8,11-13H2,1-4H3,(H,33,36)/t14-,16-/m0/s1. The van der Waals surface area contributed by atoms with Gasteiger partial charge in [-0.2, -0.15) is 27.1 Å². The van der Waals surface area contributed by atoms with Gasteiger partial charge in [-0.15, -0.1) is 0 Å². The number of amides is 1. The van der Waals surface area contributed by atoms with E-state index in [1.165, 1.54) is 16.8 Å². The second-order valence-electron chi connectivity index (χ2n) is 10.1. The summed E-state index contributed by atoms with van der Waals surface area (Å²) in [5.74, 6) is -0.298. The van der Waals surface area contributed by atoms with Crippen molar-refractivity contribution in [3.05, 3.63) is 34.5 Å². The normalized spacial score (nSPS) is 18.8. The van der Waals surface area contributed by atoms with Gasteiger partial charge < -0.3 is 15.4 Å². The van der Waals surface area contributed by atoms with Gasteiger partial charge in [0.05, 0.1) is 16.1 Å². The molecule has 0 radical (unpaired) electrons. The first-order chi connectivity index (χ1) is 17.2. The molecule has 1 fully saturated rings. The van der Waals surface area contributed by atoms with Crippen molar-refractivity contribution in [3.8, 4) is 17.0 Å². The molecule has 2 N–H and O–H groups in total. The summed E-state index contributed by atoms with van der Waals surface area (Å²) >= 11 is 6.54. The highest BCUT2D eigenvalue weighted by Crippen LogP contribution is 2.43. The minimum atomic E-state index is -4.49. The number of hydrogen-bond acceptors (Lipinski definition) is 4. The van der Waals surface area contributed by atoms with E-state index in [1.807, 2.05) is 0 Å². The highest BCUT2D eigenvalue weighted by molar-refractivity contribution is 6.36. The van der Waals surface area contributed by atoms with Crippen LogP contribution in [0.25, 0.3) is 11.3 Å². The lowest BCUT2D eigenvalue weighted by molar-refractivity contribution is -0.211. The summed E-state index contributed by atoms with van der Waals surface area (Å²) < 4.78 is 72.7. The Morgan fingerprint density at radius 1 is 1.30 bits per heavy atom. The van der Waals surface area contributed by atoms with Crippen LogP contribution in [0, 0.1) is 11.3 Å². The van der Waals surface area contributed by atoms with Crippen molar-refractivity contribution in [2.24, 2.45) is 11.3 Å². The Hall–Kier alpha value is -2.40. The molecule has 12 heteroatoms. The molecule has 1 amide bonds. The van der Waals surface area contributed by atoms with Crippen LogP contribution in [0.3, 0.4) is 0 Å². The van der Waals surface area contributed by atoms with E-state index in [-0.39, 0.29) is 45.9 Å². The maximum absolute atomic E-state index is 13.4. The predicted molar refractivity (Wildman–Crippen MR) is 131 cm³/mol. The number of aromatic nitrogens is 2. The van der Waals surface area contributed by atoms with Crippen molar-refractivity contribution in [1.82, 2.24) is 20.4 Å². The average Bonchev–Trinajstić information content (AvgIpc) is 3.13. The van der Waals surface area contributed by atoms with Gasteiger partial charge in [0.15, 0.2) is 5.69 Å². The molecule has 206 valence electrons. The van der Waals surface area contributed by atoms with Gasteiger partial charge in [-0.05, 0) is 56.3 Å². The molecule has 0 bridgehead atoms. The van der Waals surface area contributed by atoms with E-state index in [9.17, 15) is 26.7 Å². The van der Waals surface area contributed by atoms with Gasteiger partial charge in [-0.1, -0.05) is 38.4 Å². The van der Waals surface area contributed by atoms with Crippen LogP contribution in [0.4, 0.5) is 22.0 Å². The van der Waals surface area contributed by atoms with Crippen LogP contribution in [-0.4, -0.2) is 47.6 Å². The fourth-order valence-corrected chi connectivity index (χ4v) is 4.60. The minimum Gasteiger partial charge on any atom is -0.434 e. The van der Waals surface area contributed by atoms with E-state index >= 15 is 0 Å². The van der Waals surface area contributed by atoms with Gasteiger partial charge >= 0.3 is 12.8 Å². The summed E-state index contributed by atoms with van der Waals surface area (Å²) in [6.45, 7) is 4.21. The van der Waals surface area contributed by atoms with Crippen molar-refractivity contribution in [2.45, 2.75) is 72.3 Å². The minimum absolute atomic E-state index is 0.0629. The number of rotatable bonds is 9. The van der Waals surface area contributed by atoms with Crippen molar-refractivity contribution in [3.63, 3.8) is 0 Å². The molecule has 1 aromatic heterocycles. The average molecular weight is 551 g/mol. The first-order valence-corrected chi connectivity index (χ1v) is 12.5. The van der Waals surface area contributed by atoms with Crippen LogP contribution in [0.15, 0.2) is 18.2 Å². The topological polar surface area (TPSA) is 68.2 Å². The van der Waals surface area contributed by atoms with E-state index in [1.54, 1.807) is 6.92 Å². The molecule has 1 aromatic carbocycles. The Morgan fingerprint density at radius 3 is 2.57 bits per heavy atom. The van der Waals surface area contributed by atoms with Crippen LogP contribution in [0.5, 0.6) is 5.75 Å². The van der Waals surface area contributed by atoms with Gasteiger partial charge in [0.2, 0.25) is 0 Å². The summed E-state index contributed by atoms with van der Waals surface area (Å²) in [7, 11) is 0. The van der Waals surface area contributed by atoms with Gasteiger partial charge in [0, 0.05) is 24.7 Å². The first kappa shape index (κ1) is 29.2. The van der Waals surface area contributed by atoms with Crippen LogP contribution in [-0.2, 0) is 13.0 Å². The number of nitrogens with zero attached hydrogens (tertiary/aromatic N) is 2. The lowest BCUT2D eigenvalue weighted by Crippen LogP contribution is -2.45. The van der Waals surface area contributed by atoms with E-state index in [0.29, 0.717) is 12.5 Å². The molecule has 2 atom stereocenters. The van der Waals surface area contributed by atoms with Gasteiger partial charge in [-0.25, -0.2) is 0 Å². The molecule has 1 saturated heterocycles. The molecule has 0 aliphatic carbocycles. The van der Waals surface area contributed by atoms with Gasteiger partial charge in [0.25, 0.3) is 5.91 Å². The van der Waals surface area contributed by atoms with Crippen LogP contribution in [0.1, 0.15) is 56.6 Å². The lowest BCUT2D eigenvalue weighted by atomic mass is 9.84. The molecule has 2 heterocycles. The summed E-state index contributed by atoms with van der Waals surface area (Å²) in [6.07, 6.45) is -2.98. The maximum atomic E-state index is 13.4. The second-order valence-corrected chi connectivity index (χ2v) is 10.5. The molecule has 1 aliphatic heterocycles. The molecule has 0 saturated carbocycles. The third-order valence-electron chi connectivity index (χ3n) is 6.61. The van der Waals surface area contributed by atoms with E-state index in [4.69, 9.17) is 11.6 Å². The number of carbonyl (C=O) groups excluding carboxylic acids is 1. The number of nitrogens with one attached hydrogen (secondary N) is 2. The van der Waals surface area contributed by atoms with Crippen LogP contribution >= 0.6 is 11.6 Å². The van der Waals surface area contributed by atoms with E-state index < -0.39 is 30.5 Å². The number of halogens is 6. The number of carbonyl (C=O) groups is 1. The largest absolute Gasteiger partial charge is 0.434 e. The third-order valence-corrected chi connectivity index (χ3v) is 6.97. The van der Waals surface area contributed by atoms with Crippen LogP contribution in [0.2, 0.25) is 5.02 Å². The highest BCUT2D eigenvalue weighted by Gasteiger charge is 2.47. The molecular formula is C25H32ClF5N4O2. The molecule has 0 unspecified atom stereocenters. The number of alkyl halides is 5. The Kier molecular flexibility index (Phi) is 9.10. The SMILES string of the molecule is CCn1nc(C(=O)NC[C@@H]2CC[C@H](C)CN2)c(Cl)c1-c1ccc(CC(C)(C)C(F)(F)F)cc1OC(F)F. The Balaban J connectivity index is 1.92. The molecule has 0 spiro atoms. The molecule has 2 aromatic rings.